The van der Waals surface area contributed by atoms with E-state index in [9.17, 15) is 19.3 Å². The molecule has 1 atom stereocenters. The van der Waals surface area contributed by atoms with Crippen LogP contribution in [0.25, 0.3) is 0 Å². The number of carboxylic acids is 1. The number of nitrogens with one attached hydrogen (secondary N) is 1. The van der Waals surface area contributed by atoms with Gasteiger partial charge in [-0.25, -0.2) is 4.98 Å². The van der Waals surface area contributed by atoms with Crippen molar-refractivity contribution in [2.75, 3.05) is 11.9 Å². The number of nitro groups is 1. The zero-order chi connectivity index (χ0) is 13.0. The topological polar surface area (TPSA) is 105 Å². The predicted octanol–water partition coefficient (Wildman–Crippen LogP) is 1.26. The smallest absolute Gasteiger partial charge is 0.346 e. The zero-order valence-electron chi connectivity index (χ0n) is 8.88. The molecule has 92 valence electrons. The van der Waals surface area contributed by atoms with Crippen LogP contribution in [0.3, 0.4) is 0 Å². The Bertz CT molecular complexity index is 452. The SMILES string of the molecule is CC(CNc1ccnc(F)c1[N+](=O)[O-])C(=O)O. The Labute approximate surface area is 95.4 Å². The number of aliphatic carboxylic acids is 1. The molecule has 1 heterocycles. The molecule has 8 heteroatoms. The van der Waals surface area contributed by atoms with Crippen LogP contribution in [0.15, 0.2) is 12.3 Å². The van der Waals surface area contributed by atoms with Gasteiger partial charge < -0.3 is 10.4 Å². The van der Waals surface area contributed by atoms with E-state index in [0.29, 0.717) is 0 Å². The minimum Gasteiger partial charge on any atom is -0.481 e. The molecule has 0 fully saturated rings. The number of pyridine rings is 1. The summed E-state index contributed by atoms with van der Waals surface area (Å²) in [6.45, 7) is 1.39. The lowest BCUT2D eigenvalue weighted by atomic mass is 10.2. The second kappa shape index (κ2) is 5.19. The lowest BCUT2D eigenvalue weighted by molar-refractivity contribution is -0.387. The van der Waals surface area contributed by atoms with Gasteiger partial charge >= 0.3 is 11.7 Å². The van der Waals surface area contributed by atoms with E-state index >= 15 is 0 Å². The number of rotatable bonds is 5. The van der Waals surface area contributed by atoms with E-state index in [1.807, 2.05) is 0 Å². The van der Waals surface area contributed by atoms with Crippen molar-refractivity contribution in [2.45, 2.75) is 6.92 Å². The normalized spacial score (nSPS) is 11.9. The van der Waals surface area contributed by atoms with Gasteiger partial charge in [0.2, 0.25) is 0 Å². The molecule has 1 aromatic heterocycles. The average Bonchev–Trinajstić information content (AvgIpc) is 2.24. The van der Waals surface area contributed by atoms with Gasteiger partial charge in [-0.1, -0.05) is 6.92 Å². The number of aromatic nitrogens is 1. The van der Waals surface area contributed by atoms with Crippen molar-refractivity contribution < 1.29 is 19.2 Å². The van der Waals surface area contributed by atoms with Gasteiger partial charge in [0.1, 0.15) is 5.69 Å². The van der Waals surface area contributed by atoms with Gasteiger partial charge in [-0.3, -0.25) is 14.9 Å². The Morgan fingerprint density at radius 2 is 2.41 bits per heavy atom. The largest absolute Gasteiger partial charge is 0.481 e. The maximum absolute atomic E-state index is 13.1. The number of nitrogens with zero attached hydrogens (tertiary/aromatic N) is 2. The van der Waals surface area contributed by atoms with E-state index in [4.69, 9.17) is 5.11 Å². The zero-order valence-corrected chi connectivity index (χ0v) is 8.88. The molecule has 0 amide bonds. The molecule has 0 saturated carbocycles. The molecule has 1 aromatic rings. The molecule has 0 aliphatic rings. The molecule has 0 aromatic carbocycles. The quantitative estimate of drug-likeness (QED) is 0.458. The van der Waals surface area contributed by atoms with E-state index in [0.717, 1.165) is 6.20 Å². The highest BCUT2D eigenvalue weighted by molar-refractivity contribution is 5.71. The number of hydrogen-bond donors (Lipinski definition) is 2. The standard InChI is InChI=1S/C9H10FN3O4/c1-5(9(14)15)4-12-6-2-3-11-8(10)7(6)13(16)17/h2-3,5H,4H2,1H3,(H,11,12)(H,14,15). The van der Waals surface area contributed by atoms with E-state index in [2.05, 4.69) is 10.3 Å². The van der Waals surface area contributed by atoms with Crippen molar-refractivity contribution in [3.05, 3.63) is 28.3 Å². The summed E-state index contributed by atoms with van der Waals surface area (Å²) in [6, 6.07) is 1.22. The maximum Gasteiger partial charge on any atom is 0.346 e. The molecule has 0 saturated heterocycles. The number of halogens is 1. The van der Waals surface area contributed by atoms with Crippen LogP contribution in [-0.4, -0.2) is 27.5 Å². The summed E-state index contributed by atoms with van der Waals surface area (Å²) >= 11 is 0. The van der Waals surface area contributed by atoms with Crippen LogP contribution in [0.1, 0.15) is 6.92 Å². The molecule has 1 unspecified atom stereocenters. The summed E-state index contributed by atoms with van der Waals surface area (Å²) in [4.78, 5) is 23.4. The minimum atomic E-state index is -1.21. The van der Waals surface area contributed by atoms with Crippen molar-refractivity contribution in [3.8, 4) is 0 Å². The van der Waals surface area contributed by atoms with Gasteiger partial charge in [0, 0.05) is 12.7 Å². The highest BCUT2D eigenvalue weighted by Gasteiger charge is 2.22. The highest BCUT2D eigenvalue weighted by atomic mass is 19.1. The molecule has 17 heavy (non-hydrogen) atoms. The predicted molar refractivity (Wildman–Crippen MR) is 56.1 cm³/mol. The van der Waals surface area contributed by atoms with Crippen LogP contribution in [-0.2, 0) is 4.79 Å². The molecular formula is C9H10FN3O4. The van der Waals surface area contributed by atoms with Crippen molar-refractivity contribution >= 4 is 17.3 Å². The Morgan fingerprint density at radius 1 is 1.76 bits per heavy atom. The Morgan fingerprint density at radius 3 is 2.94 bits per heavy atom. The van der Waals surface area contributed by atoms with Gasteiger partial charge in [-0.05, 0) is 6.07 Å². The first-order valence-corrected chi connectivity index (χ1v) is 4.69. The van der Waals surface area contributed by atoms with E-state index < -0.39 is 28.4 Å². The summed E-state index contributed by atoms with van der Waals surface area (Å²) < 4.78 is 13.1. The highest BCUT2D eigenvalue weighted by Crippen LogP contribution is 2.25. The Kier molecular flexibility index (Phi) is 3.91. The van der Waals surface area contributed by atoms with Crippen molar-refractivity contribution in [2.24, 2.45) is 5.92 Å². The number of hydrogen-bond acceptors (Lipinski definition) is 5. The molecule has 0 aliphatic carbocycles. The molecule has 0 spiro atoms. The van der Waals surface area contributed by atoms with Crippen LogP contribution >= 0.6 is 0 Å². The van der Waals surface area contributed by atoms with Gasteiger partial charge in [0.05, 0.1) is 10.8 Å². The van der Waals surface area contributed by atoms with Gasteiger partial charge in [-0.15, -0.1) is 0 Å². The molecular weight excluding hydrogens is 233 g/mol. The van der Waals surface area contributed by atoms with Crippen molar-refractivity contribution in [1.82, 2.24) is 4.98 Å². The average molecular weight is 243 g/mol. The molecule has 0 radical (unpaired) electrons. The maximum atomic E-state index is 13.1. The lowest BCUT2D eigenvalue weighted by Gasteiger charge is -2.09. The molecule has 0 aliphatic heterocycles. The van der Waals surface area contributed by atoms with Crippen LogP contribution in [0.4, 0.5) is 15.8 Å². The third-order valence-corrected chi connectivity index (χ3v) is 2.08. The second-order valence-corrected chi connectivity index (χ2v) is 3.38. The van der Waals surface area contributed by atoms with E-state index in [1.165, 1.54) is 13.0 Å². The van der Waals surface area contributed by atoms with Crippen molar-refractivity contribution in [1.29, 1.82) is 0 Å². The molecule has 2 N–H and O–H groups in total. The van der Waals surface area contributed by atoms with Crippen LogP contribution in [0, 0.1) is 22.0 Å². The number of carboxylic acid groups (broad SMARTS) is 1. The number of anilines is 1. The Hall–Kier alpha value is -2.25. The lowest BCUT2D eigenvalue weighted by Crippen LogP contribution is -2.20. The van der Waals surface area contributed by atoms with Crippen molar-refractivity contribution in [3.63, 3.8) is 0 Å². The Balaban J connectivity index is 2.88. The first-order chi connectivity index (χ1) is 7.93. The number of carbonyl (C=O) groups is 1. The van der Waals surface area contributed by atoms with Gasteiger partial charge in [0.25, 0.3) is 5.95 Å². The summed E-state index contributed by atoms with van der Waals surface area (Å²) in [5, 5.41) is 21.7. The molecule has 7 nitrogen and oxygen atoms in total. The third-order valence-electron chi connectivity index (χ3n) is 2.08. The van der Waals surface area contributed by atoms with E-state index in [-0.39, 0.29) is 12.2 Å². The molecule has 0 bridgehead atoms. The summed E-state index contributed by atoms with van der Waals surface area (Å²) in [6.07, 6.45) is 1.07. The minimum absolute atomic E-state index is 0.0420. The monoisotopic (exact) mass is 243 g/mol. The summed E-state index contributed by atoms with van der Waals surface area (Å²) in [7, 11) is 0. The fourth-order valence-corrected chi connectivity index (χ4v) is 1.10. The molecule has 1 rings (SSSR count). The van der Waals surface area contributed by atoms with Crippen LogP contribution in [0.2, 0.25) is 0 Å². The fourth-order valence-electron chi connectivity index (χ4n) is 1.10. The first-order valence-electron chi connectivity index (χ1n) is 4.69. The first kappa shape index (κ1) is 12.8. The summed E-state index contributed by atoms with van der Waals surface area (Å²) in [5.74, 6) is -3.00. The van der Waals surface area contributed by atoms with Crippen LogP contribution in [0.5, 0.6) is 0 Å². The third kappa shape index (κ3) is 3.10. The van der Waals surface area contributed by atoms with Gasteiger partial charge in [-0.2, -0.15) is 4.39 Å². The van der Waals surface area contributed by atoms with E-state index in [1.54, 1.807) is 0 Å². The van der Waals surface area contributed by atoms with Gasteiger partial charge in [0.15, 0.2) is 0 Å². The summed E-state index contributed by atoms with van der Waals surface area (Å²) in [5.41, 5.74) is -0.874. The second-order valence-electron chi connectivity index (χ2n) is 3.38. The fraction of sp³-hybridized carbons (Fsp3) is 0.333. The van der Waals surface area contributed by atoms with Crippen LogP contribution < -0.4 is 5.32 Å².